The predicted octanol–water partition coefficient (Wildman–Crippen LogP) is 0.0471. The molecule has 0 saturated carbocycles. The highest BCUT2D eigenvalue weighted by Crippen LogP contribution is 2.12. The van der Waals surface area contributed by atoms with Crippen molar-refractivity contribution in [1.29, 1.82) is 0 Å². The minimum atomic E-state index is 0.111. The summed E-state index contributed by atoms with van der Waals surface area (Å²) in [5, 5.41) is 0. The van der Waals surface area contributed by atoms with E-state index in [0.717, 1.165) is 31.8 Å². The van der Waals surface area contributed by atoms with Gasteiger partial charge in [-0.2, -0.15) is 0 Å². The van der Waals surface area contributed by atoms with Gasteiger partial charge in [0.25, 0.3) is 0 Å². The molecule has 0 amide bonds. The Kier molecular flexibility index (Phi) is 3.32. The molecule has 4 heteroatoms. The van der Waals surface area contributed by atoms with Crippen LogP contribution in [-0.2, 0) is 4.74 Å². The lowest BCUT2D eigenvalue weighted by Crippen LogP contribution is -2.39. The van der Waals surface area contributed by atoms with Crippen LogP contribution in [0.1, 0.15) is 19.8 Å². The fourth-order valence-electron chi connectivity index (χ4n) is 1.20. The Labute approximate surface area is 66.8 Å². The van der Waals surface area contributed by atoms with Crippen LogP contribution in [0.25, 0.3) is 0 Å². The molecule has 11 heavy (non-hydrogen) atoms. The van der Waals surface area contributed by atoms with E-state index in [0.29, 0.717) is 0 Å². The first-order valence-electron chi connectivity index (χ1n) is 4.01. The number of aliphatic imine (C=N–C) groups is 1. The molecule has 0 bridgehead atoms. The SMILES string of the molecule is CCN=C(NN)C1CCCO1. The van der Waals surface area contributed by atoms with Crippen LogP contribution in [0.3, 0.4) is 0 Å². The number of amidine groups is 1. The van der Waals surface area contributed by atoms with Crippen molar-refractivity contribution in [3.8, 4) is 0 Å². The number of nitrogens with zero attached hydrogens (tertiary/aromatic N) is 1. The number of hydrazine groups is 1. The van der Waals surface area contributed by atoms with Gasteiger partial charge in [-0.15, -0.1) is 0 Å². The molecule has 1 aliphatic rings. The fourth-order valence-corrected chi connectivity index (χ4v) is 1.20. The minimum absolute atomic E-state index is 0.111. The quantitative estimate of drug-likeness (QED) is 0.258. The summed E-state index contributed by atoms with van der Waals surface area (Å²) in [6, 6.07) is 0. The van der Waals surface area contributed by atoms with E-state index in [2.05, 4.69) is 10.4 Å². The Morgan fingerprint density at radius 3 is 3.09 bits per heavy atom. The molecule has 4 nitrogen and oxygen atoms in total. The van der Waals surface area contributed by atoms with E-state index in [9.17, 15) is 0 Å². The van der Waals surface area contributed by atoms with Crippen molar-refractivity contribution in [3.05, 3.63) is 0 Å². The van der Waals surface area contributed by atoms with Gasteiger partial charge in [0.15, 0.2) is 0 Å². The lowest BCUT2D eigenvalue weighted by Gasteiger charge is -2.11. The van der Waals surface area contributed by atoms with E-state index in [1.54, 1.807) is 0 Å². The van der Waals surface area contributed by atoms with Crippen molar-refractivity contribution >= 4 is 5.84 Å². The van der Waals surface area contributed by atoms with Crippen molar-refractivity contribution in [3.63, 3.8) is 0 Å². The molecule has 0 radical (unpaired) electrons. The second kappa shape index (κ2) is 4.31. The highest BCUT2D eigenvalue weighted by Gasteiger charge is 2.20. The van der Waals surface area contributed by atoms with Crippen LogP contribution in [-0.4, -0.2) is 25.1 Å². The number of hydrogen-bond acceptors (Lipinski definition) is 3. The maximum absolute atomic E-state index is 5.39. The lowest BCUT2D eigenvalue weighted by molar-refractivity contribution is 0.155. The summed E-state index contributed by atoms with van der Waals surface area (Å²) in [4.78, 5) is 4.18. The molecule has 0 aromatic rings. The number of nitrogens with one attached hydrogen (secondary N) is 1. The summed E-state index contributed by atoms with van der Waals surface area (Å²) in [5.74, 6) is 6.06. The predicted molar refractivity (Wildman–Crippen MR) is 44.3 cm³/mol. The third kappa shape index (κ3) is 2.17. The zero-order chi connectivity index (χ0) is 8.10. The molecule has 0 aromatic carbocycles. The third-order valence-corrected chi connectivity index (χ3v) is 1.71. The molecule has 0 aliphatic carbocycles. The van der Waals surface area contributed by atoms with E-state index in [1.807, 2.05) is 6.92 Å². The summed E-state index contributed by atoms with van der Waals surface area (Å²) in [6.07, 6.45) is 2.25. The molecular weight excluding hydrogens is 142 g/mol. The Bertz CT molecular complexity index is 141. The van der Waals surface area contributed by atoms with Crippen LogP contribution in [0.4, 0.5) is 0 Å². The van der Waals surface area contributed by atoms with Crippen molar-refractivity contribution in [2.75, 3.05) is 13.2 Å². The molecule has 64 valence electrons. The van der Waals surface area contributed by atoms with Crippen LogP contribution >= 0.6 is 0 Å². The molecule has 1 aliphatic heterocycles. The number of hydrogen-bond donors (Lipinski definition) is 2. The summed E-state index contributed by atoms with van der Waals surface area (Å²) < 4.78 is 5.39. The molecule has 0 aromatic heterocycles. The Balaban J connectivity index is 2.46. The highest BCUT2D eigenvalue weighted by atomic mass is 16.5. The van der Waals surface area contributed by atoms with Gasteiger partial charge in [0, 0.05) is 13.2 Å². The van der Waals surface area contributed by atoms with Gasteiger partial charge in [-0.05, 0) is 19.8 Å². The van der Waals surface area contributed by atoms with Crippen molar-refractivity contribution in [2.24, 2.45) is 10.8 Å². The largest absolute Gasteiger partial charge is 0.370 e. The Hall–Kier alpha value is -0.610. The van der Waals surface area contributed by atoms with Gasteiger partial charge in [-0.25, -0.2) is 5.84 Å². The van der Waals surface area contributed by atoms with Gasteiger partial charge >= 0.3 is 0 Å². The maximum atomic E-state index is 5.39. The van der Waals surface area contributed by atoms with E-state index in [-0.39, 0.29) is 6.10 Å². The summed E-state index contributed by atoms with van der Waals surface area (Å²) in [6.45, 7) is 3.56. The third-order valence-electron chi connectivity index (χ3n) is 1.71. The van der Waals surface area contributed by atoms with Gasteiger partial charge in [-0.3, -0.25) is 4.99 Å². The first-order chi connectivity index (χ1) is 5.38. The molecule has 1 saturated heterocycles. The first kappa shape index (κ1) is 8.49. The molecule has 3 N–H and O–H groups in total. The van der Waals surface area contributed by atoms with Crippen LogP contribution in [0.5, 0.6) is 0 Å². The Morgan fingerprint density at radius 1 is 1.82 bits per heavy atom. The van der Waals surface area contributed by atoms with E-state index < -0.39 is 0 Å². The molecular formula is C7H15N3O. The zero-order valence-electron chi connectivity index (χ0n) is 6.84. The number of ether oxygens (including phenoxy) is 1. The average Bonchev–Trinajstić information content (AvgIpc) is 2.52. The van der Waals surface area contributed by atoms with Gasteiger partial charge < -0.3 is 10.2 Å². The standard InChI is InChI=1S/C7H15N3O/c1-2-9-7(10-8)6-4-3-5-11-6/h6H,2-5,8H2,1H3,(H,9,10). The van der Waals surface area contributed by atoms with Crippen LogP contribution in [0, 0.1) is 0 Å². The van der Waals surface area contributed by atoms with Crippen molar-refractivity contribution < 1.29 is 4.74 Å². The summed E-state index contributed by atoms with van der Waals surface area (Å²) >= 11 is 0. The first-order valence-corrected chi connectivity index (χ1v) is 4.01. The molecule has 1 rings (SSSR count). The van der Waals surface area contributed by atoms with Gasteiger partial charge in [-0.1, -0.05) is 0 Å². The highest BCUT2D eigenvalue weighted by molar-refractivity contribution is 5.86. The van der Waals surface area contributed by atoms with Crippen LogP contribution < -0.4 is 11.3 Å². The monoisotopic (exact) mass is 157 g/mol. The maximum Gasteiger partial charge on any atom is 0.140 e. The van der Waals surface area contributed by atoms with Gasteiger partial charge in [0.2, 0.25) is 0 Å². The Morgan fingerprint density at radius 2 is 2.64 bits per heavy atom. The van der Waals surface area contributed by atoms with Crippen molar-refractivity contribution in [2.45, 2.75) is 25.9 Å². The lowest BCUT2D eigenvalue weighted by atomic mass is 10.2. The second-order valence-electron chi connectivity index (χ2n) is 2.51. The second-order valence-corrected chi connectivity index (χ2v) is 2.51. The van der Waals surface area contributed by atoms with Gasteiger partial charge in [0.05, 0.1) is 0 Å². The minimum Gasteiger partial charge on any atom is -0.370 e. The molecule has 1 fully saturated rings. The normalized spacial score (nSPS) is 25.6. The van der Waals surface area contributed by atoms with E-state index >= 15 is 0 Å². The van der Waals surface area contributed by atoms with E-state index in [1.165, 1.54) is 0 Å². The smallest absolute Gasteiger partial charge is 0.140 e. The van der Waals surface area contributed by atoms with E-state index in [4.69, 9.17) is 10.6 Å². The average molecular weight is 157 g/mol. The number of nitrogens with two attached hydrogens (primary N) is 1. The van der Waals surface area contributed by atoms with Crippen LogP contribution in [0.15, 0.2) is 4.99 Å². The molecule has 1 atom stereocenters. The topological polar surface area (TPSA) is 59.6 Å². The zero-order valence-corrected chi connectivity index (χ0v) is 6.84. The summed E-state index contributed by atoms with van der Waals surface area (Å²) in [5.41, 5.74) is 2.57. The fraction of sp³-hybridized carbons (Fsp3) is 0.857. The number of rotatable bonds is 2. The molecule has 0 spiro atoms. The molecule has 1 heterocycles. The molecule has 1 unspecified atom stereocenters. The summed E-state index contributed by atoms with van der Waals surface area (Å²) in [7, 11) is 0. The van der Waals surface area contributed by atoms with Crippen LogP contribution in [0.2, 0.25) is 0 Å². The van der Waals surface area contributed by atoms with Gasteiger partial charge in [0.1, 0.15) is 11.9 Å². The van der Waals surface area contributed by atoms with Crippen molar-refractivity contribution in [1.82, 2.24) is 5.43 Å².